The van der Waals surface area contributed by atoms with Gasteiger partial charge < -0.3 is 10.6 Å². The van der Waals surface area contributed by atoms with Gasteiger partial charge in [0, 0.05) is 19.1 Å². The average Bonchev–Trinajstić information content (AvgIpc) is 2.90. The first-order chi connectivity index (χ1) is 11.9. The maximum atomic E-state index is 11.6. The fourth-order valence-corrected chi connectivity index (χ4v) is 4.64. The number of hydrogen-bond donors (Lipinski definition) is 2. The third-order valence-corrected chi connectivity index (χ3v) is 6.23. The second kappa shape index (κ2) is 11.1. The van der Waals surface area contributed by atoms with Crippen LogP contribution in [0.25, 0.3) is 0 Å². The number of sulfone groups is 1. The number of rotatable bonds is 7. The van der Waals surface area contributed by atoms with Gasteiger partial charge in [-0.1, -0.05) is 38.1 Å². The Morgan fingerprint density at radius 1 is 1.27 bits per heavy atom. The van der Waals surface area contributed by atoms with Gasteiger partial charge in [-0.2, -0.15) is 0 Å². The van der Waals surface area contributed by atoms with E-state index in [0.29, 0.717) is 12.3 Å². The molecule has 1 aliphatic heterocycles. The second-order valence-corrected chi connectivity index (χ2v) is 9.23. The molecule has 148 valence electrons. The molecule has 0 aromatic heterocycles. The number of aryl methyl sites for hydroxylation is 1. The molecule has 1 atom stereocenters. The Balaban J connectivity index is 0.00000338. The predicted molar refractivity (Wildman–Crippen MR) is 120 cm³/mol. The summed E-state index contributed by atoms with van der Waals surface area (Å²) in [5.41, 5.74) is 2.70. The Morgan fingerprint density at radius 3 is 2.50 bits per heavy atom. The van der Waals surface area contributed by atoms with E-state index >= 15 is 0 Å². The van der Waals surface area contributed by atoms with Crippen LogP contribution in [-0.2, 0) is 16.3 Å². The van der Waals surface area contributed by atoms with E-state index in [0.717, 1.165) is 31.9 Å². The molecule has 5 nitrogen and oxygen atoms in total. The Hall–Kier alpha value is -0.830. The van der Waals surface area contributed by atoms with Crippen molar-refractivity contribution in [1.82, 2.24) is 10.6 Å². The first-order valence-electron chi connectivity index (χ1n) is 9.23. The molecule has 0 bridgehead atoms. The second-order valence-electron chi connectivity index (χ2n) is 7.00. The fourth-order valence-electron chi connectivity index (χ4n) is 2.97. The first kappa shape index (κ1) is 23.2. The van der Waals surface area contributed by atoms with Crippen LogP contribution in [0.15, 0.2) is 29.3 Å². The van der Waals surface area contributed by atoms with Crippen molar-refractivity contribution in [2.45, 2.75) is 52.0 Å². The molecule has 2 rings (SSSR count). The molecule has 0 saturated carbocycles. The summed E-state index contributed by atoms with van der Waals surface area (Å²) in [4.78, 5) is 4.59. The maximum absolute atomic E-state index is 11.6. The predicted octanol–water partition coefficient (Wildman–Crippen LogP) is 3.10. The highest BCUT2D eigenvalue weighted by Gasteiger charge is 2.28. The van der Waals surface area contributed by atoms with E-state index in [2.05, 4.69) is 53.7 Å². The number of hydrogen-bond acceptors (Lipinski definition) is 3. The van der Waals surface area contributed by atoms with Crippen molar-refractivity contribution in [3.8, 4) is 0 Å². The van der Waals surface area contributed by atoms with E-state index in [1.54, 1.807) is 0 Å². The van der Waals surface area contributed by atoms with Crippen LogP contribution < -0.4 is 10.6 Å². The van der Waals surface area contributed by atoms with Gasteiger partial charge in [0.1, 0.15) is 0 Å². The van der Waals surface area contributed by atoms with Crippen molar-refractivity contribution in [2.24, 2.45) is 4.99 Å². The molecule has 1 unspecified atom stereocenters. The van der Waals surface area contributed by atoms with Gasteiger partial charge >= 0.3 is 0 Å². The summed E-state index contributed by atoms with van der Waals surface area (Å²) in [5.74, 6) is 1.77. The lowest BCUT2D eigenvalue weighted by Crippen LogP contribution is -2.44. The lowest BCUT2D eigenvalue weighted by atomic mass is 10.0. The summed E-state index contributed by atoms with van der Waals surface area (Å²) >= 11 is 0. The van der Waals surface area contributed by atoms with E-state index in [-0.39, 0.29) is 41.5 Å². The van der Waals surface area contributed by atoms with Gasteiger partial charge in [-0.05, 0) is 43.2 Å². The zero-order valence-corrected chi connectivity index (χ0v) is 19.1. The normalized spacial score (nSPS) is 19.2. The zero-order chi connectivity index (χ0) is 18.3. The van der Waals surface area contributed by atoms with Crippen LogP contribution in [0.5, 0.6) is 0 Å². The van der Waals surface area contributed by atoms with Crippen LogP contribution in [-0.4, -0.2) is 45.0 Å². The molecule has 2 N–H and O–H groups in total. The maximum Gasteiger partial charge on any atom is 0.191 e. The number of nitrogens with zero attached hydrogens (tertiary/aromatic N) is 1. The van der Waals surface area contributed by atoms with Crippen LogP contribution in [0.4, 0.5) is 0 Å². The molecule has 0 aliphatic carbocycles. The van der Waals surface area contributed by atoms with Crippen LogP contribution in [0, 0.1) is 0 Å². The lowest BCUT2D eigenvalue weighted by molar-refractivity contribution is 0.599. The van der Waals surface area contributed by atoms with E-state index in [1.165, 1.54) is 11.1 Å². The van der Waals surface area contributed by atoms with E-state index < -0.39 is 9.84 Å². The van der Waals surface area contributed by atoms with E-state index in [9.17, 15) is 8.42 Å². The topological polar surface area (TPSA) is 70.6 Å². The molecule has 1 heterocycles. The van der Waals surface area contributed by atoms with Crippen molar-refractivity contribution in [1.29, 1.82) is 0 Å². The van der Waals surface area contributed by atoms with Crippen LogP contribution >= 0.6 is 24.0 Å². The molecule has 26 heavy (non-hydrogen) atoms. The standard InChI is InChI=1S/C19H31N3O2S.HI/c1-4-20-19(22-18-11-13-25(23,24)14-18)21-12-5-6-16-7-9-17(10-8-16)15(2)3;/h7-10,15,18H,4-6,11-14H2,1-3H3,(H2,20,21,22);1H. The summed E-state index contributed by atoms with van der Waals surface area (Å²) in [6.07, 6.45) is 2.63. The number of aliphatic imine (C=N–C) groups is 1. The summed E-state index contributed by atoms with van der Waals surface area (Å²) in [7, 11) is -2.87. The summed E-state index contributed by atoms with van der Waals surface area (Å²) in [5, 5.41) is 6.45. The molecule has 1 fully saturated rings. The largest absolute Gasteiger partial charge is 0.357 e. The monoisotopic (exact) mass is 493 g/mol. The third kappa shape index (κ3) is 7.82. The fraction of sp³-hybridized carbons (Fsp3) is 0.632. The molecular weight excluding hydrogens is 461 g/mol. The SMILES string of the molecule is CCNC(=NCCCc1ccc(C(C)C)cc1)NC1CCS(=O)(=O)C1.I. The number of benzene rings is 1. The molecule has 7 heteroatoms. The van der Waals surface area contributed by atoms with Crippen molar-refractivity contribution in [2.75, 3.05) is 24.6 Å². The molecule has 0 amide bonds. The van der Waals surface area contributed by atoms with Gasteiger partial charge in [-0.15, -0.1) is 24.0 Å². The molecule has 1 aromatic rings. The van der Waals surface area contributed by atoms with Crippen LogP contribution in [0.2, 0.25) is 0 Å². The van der Waals surface area contributed by atoms with Crippen molar-refractivity contribution in [3.63, 3.8) is 0 Å². The molecule has 0 radical (unpaired) electrons. The molecule has 0 spiro atoms. The highest BCUT2D eigenvalue weighted by Crippen LogP contribution is 2.15. The quantitative estimate of drug-likeness (QED) is 0.265. The van der Waals surface area contributed by atoms with Gasteiger partial charge in [0.2, 0.25) is 0 Å². The zero-order valence-electron chi connectivity index (χ0n) is 16.0. The Morgan fingerprint density at radius 2 is 1.96 bits per heavy atom. The molecular formula is C19H32IN3O2S. The van der Waals surface area contributed by atoms with Gasteiger partial charge in [-0.3, -0.25) is 4.99 Å². The Kier molecular flexibility index (Phi) is 9.92. The van der Waals surface area contributed by atoms with Gasteiger partial charge in [0.15, 0.2) is 15.8 Å². The minimum atomic E-state index is -2.87. The average molecular weight is 493 g/mol. The minimum Gasteiger partial charge on any atom is -0.357 e. The highest BCUT2D eigenvalue weighted by molar-refractivity contribution is 14.0. The van der Waals surface area contributed by atoms with E-state index in [1.807, 2.05) is 6.92 Å². The summed E-state index contributed by atoms with van der Waals surface area (Å²) in [6.45, 7) is 7.91. The van der Waals surface area contributed by atoms with Crippen molar-refractivity contribution in [3.05, 3.63) is 35.4 Å². The summed E-state index contributed by atoms with van der Waals surface area (Å²) < 4.78 is 23.1. The molecule has 1 aromatic carbocycles. The highest BCUT2D eigenvalue weighted by atomic mass is 127. The number of guanidine groups is 1. The van der Waals surface area contributed by atoms with Crippen molar-refractivity contribution < 1.29 is 8.42 Å². The van der Waals surface area contributed by atoms with Crippen LogP contribution in [0.1, 0.15) is 50.7 Å². The van der Waals surface area contributed by atoms with Gasteiger partial charge in [0.25, 0.3) is 0 Å². The van der Waals surface area contributed by atoms with Crippen LogP contribution in [0.3, 0.4) is 0 Å². The minimum absolute atomic E-state index is 0. The lowest BCUT2D eigenvalue weighted by Gasteiger charge is -2.15. The smallest absolute Gasteiger partial charge is 0.191 e. The molecule has 1 saturated heterocycles. The van der Waals surface area contributed by atoms with Gasteiger partial charge in [-0.25, -0.2) is 8.42 Å². The van der Waals surface area contributed by atoms with Crippen molar-refractivity contribution >= 4 is 39.8 Å². The molecule has 1 aliphatic rings. The first-order valence-corrected chi connectivity index (χ1v) is 11.1. The van der Waals surface area contributed by atoms with Gasteiger partial charge in [0.05, 0.1) is 11.5 Å². The number of halogens is 1. The number of nitrogens with one attached hydrogen (secondary N) is 2. The third-order valence-electron chi connectivity index (χ3n) is 4.46. The Bertz CT molecular complexity index is 673. The van der Waals surface area contributed by atoms with E-state index in [4.69, 9.17) is 0 Å². The Labute approximate surface area is 175 Å². The summed E-state index contributed by atoms with van der Waals surface area (Å²) in [6, 6.07) is 8.79.